The number of carboxylic acid groups (broad SMARTS) is 1. The van der Waals surface area contributed by atoms with Crippen LogP contribution in [0.15, 0.2) is 34.2 Å². The summed E-state index contributed by atoms with van der Waals surface area (Å²) in [7, 11) is 0. The van der Waals surface area contributed by atoms with Crippen molar-refractivity contribution in [3.63, 3.8) is 0 Å². The molecule has 2 aliphatic heterocycles. The molecule has 1 fully saturated rings. The molecule has 0 aromatic carbocycles. The topological polar surface area (TPSA) is 225 Å². The first-order valence-corrected chi connectivity index (χ1v) is 12.4. The maximum absolute atomic E-state index is 13.1. The highest BCUT2D eigenvalue weighted by Gasteiger charge is 2.61. The lowest BCUT2D eigenvalue weighted by molar-refractivity contribution is -0.150. The third-order valence-corrected chi connectivity index (χ3v) is 7.36. The number of aromatic amines is 1. The fourth-order valence-corrected chi connectivity index (χ4v) is 5.71. The zero-order chi connectivity index (χ0) is 26.0. The standard InChI is InChI=1S/C19H19N7O8S2/c1-8(27)33-4-9-7-36(32)17-13(16(29)26(17)14(9)18(30)31)24-15(28)12(10-6-35-19(20)23-10)25-34-5-11-21-2-3-22-11/h2-3,6,13,17H,4-5,7H2,1H3,(H2,20,23)(H,21,22)(H,24,28)(H,30,31)/t13-,17-,36-/m1/s1. The number of esters is 1. The Bertz CT molecular complexity index is 1260. The molecule has 4 rings (SSSR count). The van der Waals surface area contributed by atoms with E-state index in [1.807, 2.05) is 0 Å². The number of carbonyl (C=O) groups excluding carboxylic acids is 3. The molecule has 4 heterocycles. The van der Waals surface area contributed by atoms with Crippen LogP contribution in [0.4, 0.5) is 5.13 Å². The molecule has 0 aliphatic carbocycles. The molecule has 2 aromatic rings. The van der Waals surface area contributed by atoms with Crippen molar-refractivity contribution in [3.05, 3.63) is 40.6 Å². The van der Waals surface area contributed by atoms with Gasteiger partial charge in [0.05, 0.1) is 0 Å². The minimum atomic E-state index is -1.80. The van der Waals surface area contributed by atoms with Crippen LogP contribution < -0.4 is 11.1 Å². The second kappa shape index (κ2) is 10.3. The van der Waals surface area contributed by atoms with Crippen LogP contribution in [0.25, 0.3) is 0 Å². The zero-order valence-electron chi connectivity index (χ0n) is 18.5. The van der Waals surface area contributed by atoms with Gasteiger partial charge in [-0.15, -0.1) is 11.3 Å². The molecule has 0 unspecified atom stereocenters. The van der Waals surface area contributed by atoms with Crippen molar-refractivity contribution >= 4 is 57.1 Å². The van der Waals surface area contributed by atoms with Gasteiger partial charge < -0.3 is 35.3 Å². The van der Waals surface area contributed by atoms with E-state index in [2.05, 4.69) is 25.4 Å². The first-order chi connectivity index (χ1) is 17.2. The average molecular weight is 538 g/mol. The average Bonchev–Trinajstić information content (AvgIpc) is 3.49. The molecule has 2 amide bonds. The number of hydrogen-bond donors (Lipinski definition) is 4. The van der Waals surface area contributed by atoms with Crippen molar-refractivity contribution in [2.24, 2.45) is 5.16 Å². The molecule has 190 valence electrons. The highest BCUT2D eigenvalue weighted by molar-refractivity contribution is 7.92. The molecule has 1 saturated heterocycles. The SMILES string of the molecule is CC(=O)OCC1=C(C(=O)O)N2C(=O)[C@@H](NC(=O)C(=NOCc3ncc[nH]3)c3csc(N)n3)[C@H]2[S@+]([O-])C1. The minimum Gasteiger partial charge on any atom is -0.614 e. The Hall–Kier alpha value is -3.96. The highest BCUT2D eigenvalue weighted by Crippen LogP contribution is 2.37. The number of nitrogen functional groups attached to an aromatic ring is 1. The number of nitrogens with two attached hydrogens (primary N) is 1. The summed E-state index contributed by atoms with van der Waals surface area (Å²) in [6.45, 7) is 0.618. The molecule has 3 atom stereocenters. The summed E-state index contributed by atoms with van der Waals surface area (Å²) in [6.07, 6.45) is 3.08. The van der Waals surface area contributed by atoms with Crippen molar-refractivity contribution in [1.82, 2.24) is 25.2 Å². The van der Waals surface area contributed by atoms with E-state index in [0.29, 0.717) is 5.82 Å². The molecule has 0 saturated carbocycles. The summed E-state index contributed by atoms with van der Waals surface area (Å²) in [5.74, 6) is -3.61. The number of nitrogens with zero attached hydrogens (tertiary/aromatic N) is 4. The van der Waals surface area contributed by atoms with Crippen molar-refractivity contribution in [1.29, 1.82) is 0 Å². The normalized spacial score (nSPS) is 21.5. The number of β-lactam (4-membered cyclic amide) rings is 1. The maximum atomic E-state index is 13.1. The number of aliphatic carboxylic acids is 1. The second-order valence-electron chi connectivity index (χ2n) is 7.43. The highest BCUT2D eigenvalue weighted by atomic mass is 32.2. The van der Waals surface area contributed by atoms with Crippen LogP contribution in [0.5, 0.6) is 0 Å². The Morgan fingerprint density at radius 2 is 2.22 bits per heavy atom. The number of anilines is 1. The predicted octanol–water partition coefficient (Wildman–Crippen LogP) is -1.31. The van der Waals surface area contributed by atoms with Gasteiger partial charge in [-0.25, -0.2) is 14.8 Å². The molecule has 2 aliphatic rings. The van der Waals surface area contributed by atoms with Crippen LogP contribution in [0, 0.1) is 0 Å². The lowest BCUT2D eigenvalue weighted by Gasteiger charge is -2.48. The molecule has 0 bridgehead atoms. The molecular formula is C19H19N7O8S2. The molecular weight excluding hydrogens is 518 g/mol. The monoisotopic (exact) mass is 537 g/mol. The fourth-order valence-electron chi connectivity index (χ4n) is 3.50. The van der Waals surface area contributed by atoms with Gasteiger partial charge in [-0.1, -0.05) is 5.16 Å². The number of ether oxygens (including phenoxy) is 1. The van der Waals surface area contributed by atoms with Gasteiger partial charge in [-0.2, -0.15) is 0 Å². The van der Waals surface area contributed by atoms with Gasteiger partial charge >= 0.3 is 11.9 Å². The third kappa shape index (κ3) is 5.02. The van der Waals surface area contributed by atoms with Crippen LogP contribution in [-0.4, -0.2) is 82.8 Å². The quantitative estimate of drug-likeness (QED) is 0.0965. The summed E-state index contributed by atoms with van der Waals surface area (Å²) in [4.78, 5) is 65.7. The largest absolute Gasteiger partial charge is 0.614 e. The summed E-state index contributed by atoms with van der Waals surface area (Å²) < 4.78 is 17.7. The van der Waals surface area contributed by atoms with E-state index < -0.39 is 58.6 Å². The van der Waals surface area contributed by atoms with E-state index in [1.165, 1.54) is 11.6 Å². The Morgan fingerprint density at radius 3 is 2.83 bits per heavy atom. The van der Waals surface area contributed by atoms with Crippen LogP contribution in [-0.2, 0) is 46.5 Å². The number of carboxylic acids is 1. The van der Waals surface area contributed by atoms with E-state index in [1.54, 1.807) is 6.20 Å². The lowest BCUT2D eigenvalue weighted by atomic mass is 10.0. The summed E-state index contributed by atoms with van der Waals surface area (Å²) >= 11 is -0.746. The van der Waals surface area contributed by atoms with E-state index in [-0.39, 0.29) is 34.5 Å². The Kier molecular flexibility index (Phi) is 7.22. The Labute approximate surface area is 209 Å². The van der Waals surface area contributed by atoms with Gasteiger partial charge in [-0.05, 0) is 11.2 Å². The molecule has 0 spiro atoms. The number of carbonyl (C=O) groups is 4. The molecule has 0 radical (unpaired) electrons. The number of aromatic nitrogens is 3. The molecule has 36 heavy (non-hydrogen) atoms. The van der Waals surface area contributed by atoms with Crippen molar-refractivity contribution in [3.8, 4) is 0 Å². The van der Waals surface area contributed by atoms with Crippen LogP contribution in [0.1, 0.15) is 18.4 Å². The number of nitrogens with one attached hydrogen (secondary N) is 2. The number of thiazole rings is 1. The Morgan fingerprint density at radius 1 is 1.44 bits per heavy atom. The summed E-state index contributed by atoms with van der Waals surface area (Å²) in [6, 6.07) is -1.30. The van der Waals surface area contributed by atoms with Gasteiger partial charge in [0, 0.05) is 30.3 Å². The molecule has 5 N–H and O–H groups in total. The number of imidazole rings is 1. The van der Waals surface area contributed by atoms with Gasteiger partial charge in [0.1, 0.15) is 29.6 Å². The smallest absolute Gasteiger partial charge is 0.353 e. The van der Waals surface area contributed by atoms with E-state index in [4.69, 9.17) is 15.3 Å². The first kappa shape index (κ1) is 25.1. The van der Waals surface area contributed by atoms with Crippen LogP contribution in [0.2, 0.25) is 0 Å². The molecule has 2 aromatic heterocycles. The van der Waals surface area contributed by atoms with E-state index in [9.17, 15) is 28.8 Å². The van der Waals surface area contributed by atoms with Gasteiger partial charge in [0.2, 0.25) is 5.37 Å². The molecule has 15 nitrogen and oxygen atoms in total. The number of rotatable bonds is 9. The van der Waals surface area contributed by atoms with E-state index >= 15 is 0 Å². The first-order valence-electron chi connectivity index (χ1n) is 10.2. The second-order valence-corrected chi connectivity index (χ2v) is 9.86. The minimum absolute atomic E-state index is 0.0249. The van der Waals surface area contributed by atoms with Crippen molar-refractivity contribution in [2.45, 2.75) is 24.9 Å². The van der Waals surface area contributed by atoms with Gasteiger partial charge in [-0.3, -0.25) is 19.3 Å². The number of hydrogen-bond acceptors (Lipinski definition) is 12. The summed E-state index contributed by atoms with van der Waals surface area (Å²) in [5, 5.41) is 16.4. The number of fused-ring (bicyclic) bond motifs is 1. The van der Waals surface area contributed by atoms with Crippen LogP contribution >= 0.6 is 11.3 Å². The fraction of sp³-hybridized carbons (Fsp3) is 0.316. The lowest BCUT2D eigenvalue weighted by Crippen LogP contribution is -2.75. The third-order valence-electron chi connectivity index (χ3n) is 5.04. The van der Waals surface area contributed by atoms with Gasteiger partial charge in [0.25, 0.3) is 11.8 Å². The van der Waals surface area contributed by atoms with Gasteiger partial charge in [0.15, 0.2) is 23.5 Å². The van der Waals surface area contributed by atoms with Crippen molar-refractivity contribution < 1.29 is 38.4 Å². The van der Waals surface area contributed by atoms with E-state index in [0.717, 1.165) is 23.2 Å². The van der Waals surface area contributed by atoms with Crippen molar-refractivity contribution in [2.75, 3.05) is 18.1 Å². The number of oxime groups is 1. The predicted molar refractivity (Wildman–Crippen MR) is 123 cm³/mol. The maximum Gasteiger partial charge on any atom is 0.353 e. The zero-order valence-corrected chi connectivity index (χ0v) is 20.1. The number of amides is 2. The number of H-pyrrole nitrogens is 1. The summed E-state index contributed by atoms with van der Waals surface area (Å²) in [5.41, 5.74) is 5.04. The Balaban J connectivity index is 1.53. The molecule has 17 heteroatoms. The van der Waals surface area contributed by atoms with Crippen LogP contribution in [0.3, 0.4) is 0 Å².